The molecule has 2 aromatic carbocycles. The summed E-state index contributed by atoms with van der Waals surface area (Å²) in [7, 11) is 0. The standard InChI is InChI=1S/C29H28ClN5OS/c1-2-20-9-3-4-12-23(20)32-26(36)15-18-35-28(27(33-29(35)37)24-13-5-6-16-31-24)25-14-8-17-34(25)22-11-7-10-21(30)19-22/h3-14,16-17,19,27-28H,2,15,18H2,1H3,(H,32,36)(H,33,37)/t27-,28-/m1/s1. The van der Waals surface area contributed by atoms with Crippen LogP contribution in [-0.4, -0.2) is 32.0 Å². The number of hydrogen-bond acceptors (Lipinski definition) is 3. The highest BCUT2D eigenvalue weighted by Gasteiger charge is 2.41. The summed E-state index contributed by atoms with van der Waals surface area (Å²) in [6.07, 6.45) is 4.95. The Hall–Kier alpha value is -3.68. The summed E-state index contributed by atoms with van der Waals surface area (Å²) in [4.78, 5) is 19.7. The number of thiocarbonyl (C=S) groups is 1. The molecule has 8 heteroatoms. The Balaban J connectivity index is 1.44. The number of halogens is 1. The molecular formula is C29H28ClN5OS. The summed E-state index contributed by atoms with van der Waals surface area (Å²) >= 11 is 12.1. The third kappa shape index (κ3) is 5.38. The quantitative estimate of drug-likeness (QED) is 0.270. The largest absolute Gasteiger partial charge is 0.352 e. The number of pyridine rings is 1. The van der Waals surface area contributed by atoms with Gasteiger partial charge in [0, 0.05) is 47.5 Å². The zero-order valence-electron chi connectivity index (χ0n) is 20.5. The van der Waals surface area contributed by atoms with Crippen LogP contribution in [0.1, 0.15) is 42.4 Å². The third-order valence-corrected chi connectivity index (χ3v) is 7.21. The Kier molecular flexibility index (Phi) is 7.53. The van der Waals surface area contributed by atoms with E-state index in [1.54, 1.807) is 6.20 Å². The van der Waals surface area contributed by atoms with Gasteiger partial charge in [0.25, 0.3) is 0 Å². The normalized spacial score (nSPS) is 17.0. The second kappa shape index (κ2) is 11.2. The molecule has 1 aliphatic rings. The highest BCUT2D eigenvalue weighted by molar-refractivity contribution is 7.80. The molecule has 0 unspecified atom stereocenters. The van der Waals surface area contributed by atoms with Crippen molar-refractivity contribution >= 4 is 40.5 Å². The van der Waals surface area contributed by atoms with Gasteiger partial charge in [0.2, 0.25) is 5.91 Å². The average Bonchev–Trinajstić information content (AvgIpc) is 3.52. The first-order chi connectivity index (χ1) is 18.0. The number of nitrogens with zero attached hydrogens (tertiary/aromatic N) is 3. The molecule has 2 atom stereocenters. The average molecular weight is 530 g/mol. The lowest BCUT2D eigenvalue weighted by Crippen LogP contribution is -2.33. The van der Waals surface area contributed by atoms with E-state index < -0.39 is 0 Å². The number of carbonyl (C=O) groups is 1. The summed E-state index contributed by atoms with van der Waals surface area (Å²) in [6.45, 7) is 2.54. The molecule has 5 rings (SSSR count). The lowest BCUT2D eigenvalue weighted by Gasteiger charge is -2.29. The summed E-state index contributed by atoms with van der Waals surface area (Å²) in [6, 6.07) is 25.3. The minimum atomic E-state index is -0.176. The summed E-state index contributed by atoms with van der Waals surface area (Å²) in [5, 5.41) is 7.80. The van der Waals surface area contributed by atoms with Crippen molar-refractivity contribution in [1.29, 1.82) is 0 Å². The molecule has 188 valence electrons. The van der Waals surface area contributed by atoms with E-state index in [1.165, 1.54) is 0 Å². The minimum Gasteiger partial charge on any atom is -0.352 e. The van der Waals surface area contributed by atoms with E-state index in [0.717, 1.165) is 34.7 Å². The number of rotatable bonds is 8. The van der Waals surface area contributed by atoms with Crippen molar-refractivity contribution in [2.75, 3.05) is 11.9 Å². The smallest absolute Gasteiger partial charge is 0.226 e. The Morgan fingerprint density at radius 2 is 1.92 bits per heavy atom. The molecule has 2 aromatic heterocycles. The van der Waals surface area contributed by atoms with Crippen LogP contribution >= 0.6 is 23.8 Å². The highest BCUT2D eigenvalue weighted by atomic mass is 35.5. The minimum absolute atomic E-state index is 0.0473. The SMILES string of the molecule is CCc1ccccc1NC(=O)CCN1C(=S)N[C@H](c2ccccn2)[C@H]1c1cccn1-c1cccc(Cl)c1. The number of nitrogens with one attached hydrogen (secondary N) is 2. The van der Waals surface area contributed by atoms with Gasteiger partial charge < -0.3 is 20.1 Å². The van der Waals surface area contributed by atoms with Crippen molar-refractivity contribution in [2.45, 2.75) is 31.8 Å². The monoisotopic (exact) mass is 529 g/mol. The van der Waals surface area contributed by atoms with Gasteiger partial charge in [0.15, 0.2) is 5.11 Å². The molecule has 3 heterocycles. The highest BCUT2D eigenvalue weighted by Crippen LogP contribution is 2.39. The second-order valence-electron chi connectivity index (χ2n) is 8.91. The van der Waals surface area contributed by atoms with Gasteiger partial charge in [-0.1, -0.05) is 48.9 Å². The molecule has 0 bridgehead atoms. The number of benzene rings is 2. The van der Waals surface area contributed by atoms with Gasteiger partial charge in [0.1, 0.15) is 0 Å². The van der Waals surface area contributed by atoms with Crippen molar-refractivity contribution in [1.82, 2.24) is 19.8 Å². The fourth-order valence-corrected chi connectivity index (χ4v) is 5.37. The maximum absolute atomic E-state index is 13.0. The number of amides is 1. The van der Waals surface area contributed by atoms with Crippen LogP contribution in [0.4, 0.5) is 5.69 Å². The molecule has 6 nitrogen and oxygen atoms in total. The first-order valence-electron chi connectivity index (χ1n) is 12.3. The van der Waals surface area contributed by atoms with E-state index in [-0.39, 0.29) is 18.0 Å². The summed E-state index contributed by atoms with van der Waals surface area (Å²) < 4.78 is 2.12. The van der Waals surface area contributed by atoms with E-state index in [4.69, 9.17) is 23.8 Å². The number of para-hydroxylation sites is 1. The van der Waals surface area contributed by atoms with Crippen LogP contribution in [0.15, 0.2) is 91.3 Å². The van der Waals surface area contributed by atoms with E-state index in [1.807, 2.05) is 79.0 Å². The van der Waals surface area contributed by atoms with Gasteiger partial charge in [-0.05, 0) is 72.7 Å². The van der Waals surface area contributed by atoms with Crippen molar-refractivity contribution in [3.63, 3.8) is 0 Å². The molecule has 2 N–H and O–H groups in total. The molecule has 1 amide bonds. The van der Waals surface area contributed by atoms with Crippen LogP contribution in [0, 0.1) is 0 Å². The Bertz CT molecular complexity index is 1410. The van der Waals surface area contributed by atoms with Crippen LogP contribution in [0.2, 0.25) is 5.02 Å². The third-order valence-electron chi connectivity index (χ3n) is 6.62. The first kappa shape index (κ1) is 25.0. The topological polar surface area (TPSA) is 62.2 Å². The van der Waals surface area contributed by atoms with Gasteiger partial charge in [-0.3, -0.25) is 9.78 Å². The predicted octanol–water partition coefficient (Wildman–Crippen LogP) is 6.09. The van der Waals surface area contributed by atoms with Crippen molar-refractivity contribution < 1.29 is 4.79 Å². The van der Waals surface area contributed by atoms with Crippen LogP contribution in [-0.2, 0) is 11.2 Å². The Morgan fingerprint density at radius 3 is 2.70 bits per heavy atom. The van der Waals surface area contributed by atoms with Gasteiger partial charge >= 0.3 is 0 Å². The molecular weight excluding hydrogens is 502 g/mol. The number of carbonyl (C=O) groups excluding carboxylic acids is 1. The van der Waals surface area contributed by atoms with Gasteiger partial charge in [-0.2, -0.15) is 0 Å². The number of aryl methyl sites for hydroxylation is 1. The van der Waals surface area contributed by atoms with Gasteiger partial charge in [-0.15, -0.1) is 0 Å². The number of hydrogen-bond donors (Lipinski definition) is 2. The van der Waals surface area contributed by atoms with Crippen LogP contribution < -0.4 is 10.6 Å². The van der Waals surface area contributed by atoms with Crippen molar-refractivity contribution in [3.8, 4) is 5.69 Å². The summed E-state index contributed by atoms with van der Waals surface area (Å²) in [5.41, 5.74) is 4.84. The fourth-order valence-electron chi connectivity index (χ4n) is 4.85. The first-order valence-corrected chi connectivity index (χ1v) is 13.1. The fraction of sp³-hybridized carbons (Fsp3) is 0.207. The number of aromatic nitrogens is 2. The lowest BCUT2D eigenvalue weighted by molar-refractivity contribution is -0.116. The molecule has 4 aromatic rings. The van der Waals surface area contributed by atoms with Gasteiger partial charge in [0.05, 0.1) is 17.8 Å². The van der Waals surface area contributed by atoms with E-state index in [2.05, 4.69) is 38.1 Å². The van der Waals surface area contributed by atoms with Crippen LogP contribution in [0.25, 0.3) is 5.69 Å². The number of anilines is 1. The molecule has 0 spiro atoms. The van der Waals surface area contributed by atoms with Crippen LogP contribution in [0.5, 0.6) is 0 Å². The molecule has 37 heavy (non-hydrogen) atoms. The predicted molar refractivity (Wildman–Crippen MR) is 152 cm³/mol. The zero-order valence-corrected chi connectivity index (χ0v) is 22.0. The van der Waals surface area contributed by atoms with E-state index >= 15 is 0 Å². The summed E-state index contributed by atoms with van der Waals surface area (Å²) in [5.74, 6) is -0.0473. The molecule has 1 fully saturated rings. The van der Waals surface area contributed by atoms with Gasteiger partial charge in [-0.25, -0.2) is 0 Å². The molecule has 0 radical (unpaired) electrons. The van der Waals surface area contributed by atoms with E-state index in [0.29, 0.717) is 23.1 Å². The van der Waals surface area contributed by atoms with E-state index in [9.17, 15) is 4.79 Å². The second-order valence-corrected chi connectivity index (χ2v) is 9.73. The maximum atomic E-state index is 13.0. The molecule has 1 aliphatic heterocycles. The molecule has 0 aliphatic carbocycles. The van der Waals surface area contributed by atoms with Crippen molar-refractivity contribution in [3.05, 3.63) is 113 Å². The Labute approximate surface area is 227 Å². The molecule has 0 saturated carbocycles. The zero-order chi connectivity index (χ0) is 25.8. The molecule has 1 saturated heterocycles. The van der Waals surface area contributed by atoms with Crippen molar-refractivity contribution in [2.24, 2.45) is 0 Å². The maximum Gasteiger partial charge on any atom is 0.226 e. The van der Waals surface area contributed by atoms with Crippen LogP contribution in [0.3, 0.4) is 0 Å². The lowest BCUT2D eigenvalue weighted by atomic mass is 10.0. The Morgan fingerprint density at radius 1 is 1.08 bits per heavy atom.